The van der Waals surface area contributed by atoms with Gasteiger partial charge in [-0.25, -0.2) is 0 Å². The summed E-state index contributed by atoms with van der Waals surface area (Å²) >= 11 is 1.78. The molecule has 0 aliphatic heterocycles. The van der Waals surface area contributed by atoms with E-state index >= 15 is 0 Å². The summed E-state index contributed by atoms with van der Waals surface area (Å²) in [6.07, 6.45) is 1.53. The quantitative estimate of drug-likeness (QED) is 0.756. The number of carbonyl (C=O) groups is 1. The standard InChI is InChI=1S/C15H27N3OS/c1-4-18(5-2)15(19)11-13(12-16)17(3)9-8-14-7-6-10-20-14/h6-7,10,13H,4-5,8-9,11-12,16H2,1-3H3. The highest BCUT2D eigenvalue weighted by Crippen LogP contribution is 2.11. The Bertz CT molecular complexity index is 376. The topological polar surface area (TPSA) is 49.6 Å². The van der Waals surface area contributed by atoms with Gasteiger partial charge in [0.15, 0.2) is 0 Å². The number of hydrogen-bond acceptors (Lipinski definition) is 4. The van der Waals surface area contributed by atoms with Crippen LogP contribution in [0.2, 0.25) is 0 Å². The SMILES string of the molecule is CCN(CC)C(=O)CC(CN)N(C)CCc1cccs1. The van der Waals surface area contributed by atoms with E-state index in [1.807, 2.05) is 18.7 Å². The normalized spacial score (nSPS) is 12.7. The minimum atomic E-state index is 0.128. The van der Waals surface area contributed by atoms with Crippen LogP contribution in [0.15, 0.2) is 17.5 Å². The van der Waals surface area contributed by atoms with Gasteiger partial charge in [0.2, 0.25) is 5.91 Å². The molecule has 1 amide bonds. The second-order valence-corrected chi connectivity index (χ2v) is 6.00. The molecular weight excluding hydrogens is 270 g/mol. The summed E-state index contributed by atoms with van der Waals surface area (Å²) in [6, 6.07) is 4.35. The third-order valence-corrected chi connectivity index (χ3v) is 4.65. The Hall–Kier alpha value is -0.910. The fourth-order valence-corrected chi connectivity index (χ4v) is 2.95. The van der Waals surface area contributed by atoms with Gasteiger partial charge in [0, 0.05) is 43.5 Å². The molecule has 20 heavy (non-hydrogen) atoms. The molecule has 0 radical (unpaired) electrons. The van der Waals surface area contributed by atoms with Gasteiger partial charge in [-0.2, -0.15) is 0 Å². The number of nitrogens with two attached hydrogens (primary N) is 1. The fraction of sp³-hybridized carbons (Fsp3) is 0.667. The molecule has 114 valence electrons. The summed E-state index contributed by atoms with van der Waals surface area (Å²) in [5.74, 6) is 0.202. The summed E-state index contributed by atoms with van der Waals surface area (Å²) in [5.41, 5.74) is 5.84. The molecular formula is C15H27N3OS. The van der Waals surface area contributed by atoms with E-state index in [0.717, 1.165) is 26.1 Å². The second-order valence-electron chi connectivity index (χ2n) is 4.97. The summed E-state index contributed by atoms with van der Waals surface area (Å²) in [4.78, 5) is 17.6. The van der Waals surface area contributed by atoms with Crippen molar-refractivity contribution in [2.45, 2.75) is 32.7 Å². The molecule has 1 aromatic rings. The van der Waals surface area contributed by atoms with E-state index < -0.39 is 0 Å². The predicted molar refractivity (Wildman–Crippen MR) is 86.0 cm³/mol. The molecule has 1 heterocycles. The first-order chi connectivity index (χ1) is 9.62. The van der Waals surface area contributed by atoms with Crippen molar-refractivity contribution in [3.8, 4) is 0 Å². The first kappa shape index (κ1) is 17.1. The van der Waals surface area contributed by atoms with Crippen LogP contribution in [0.25, 0.3) is 0 Å². The molecule has 0 fully saturated rings. The van der Waals surface area contributed by atoms with Crippen molar-refractivity contribution in [3.05, 3.63) is 22.4 Å². The van der Waals surface area contributed by atoms with Crippen molar-refractivity contribution < 1.29 is 4.79 Å². The lowest BCUT2D eigenvalue weighted by Gasteiger charge is -2.28. The number of nitrogens with zero attached hydrogens (tertiary/aromatic N) is 2. The first-order valence-corrected chi connectivity index (χ1v) is 8.20. The first-order valence-electron chi connectivity index (χ1n) is 7.32. The zero-order valence-corrected chi connectivity index (χ0v) is 13.7. The van der Waals surface area contributed by atoms with Crippen LogP contribution in [-0.2, 0) is 11.2 Å². The highest BCUT2D eigenvalue weighted by Gasteiger charge is 2.19. The minimum absolute atomic E-state index is 0.128. The van der Waals surface area contributed by atoms with Crippen molar-refractivity contribution in [1.29, 1.82) is 0 Å². The van der Waals surface area contributed by atoms with Crippen LogP contribution in [0.4, 0.5) is 0 Å². The largest absolute Gasteiger partial charge is 0.343 e. The monoisotopic (exact) mass is 297 g/mol. The lowest BCUT2D eigenvalue weighted by molar-refractivity contribution is -0.132. The Kier molecular flexibility index (Phi) is 7.80. The molecule has 1 aromatic heterocycles. The van der Waals surface area contributed by atoms with Crippen molar-refractivity contribution in [2.75, 3.05) is 33.2 Å². The van der Waals surface area contributed by atoms with Gasteiger partial charge in [-0.15, -0.1) is 11.3 Å². The maximum absolute atomic E-state index is 12.2. The molecule has 0 bridgehead atoms. The highest BCUT2D eigenvalue weighted by molar-refractivity contribution is 7.09. The average molecular weight is 297 g/mol. The van der Waals surface area contributed by atoms with Gasteiger partial charge < -0.3 is 15.5 Å². The third-order valence-electron chi connectivity index (χ3n) is 3.71. The van der Waals surface area contributed by atoms with Crippen molar-refractivity contribution in [1.82, 2.24) is 9.80 Å². The summed E-state index contributed by atoms with van der Waals surface area (Å²) in [7, 11) is 2.06. The number of hydrogen-bond donors (Lipinski definition) is 1. The number of thiophene rings is 1. The van der Waals surface area contributed by atoms with E-state index in [-0.39, 0.29) is 11.9 Å². The van der Waals surface area contributed by atoms with Gasteiger partial charge >= 0.3 is 0 Å². The van der Waals surface area contributed by atoms with Crippen LogP contribution < -0.4 is 5.73 Å². The lowest BCUT2D eigenvalue weighted by atomic mass is 10.1. The van der Waals surface area contributed by atoms with E-state index in [0.29, 0.717) is 13.0 Å². The van der Waals surface area contributed by atoms with Gasteiger partial charge in [0.05, 0.1) is 0 Å². The Morgan fingerprint density at radius 2 is 2.10 bits per heavy atom. The zero-order chi connectivity index (χ0) is 15.0. The Balaban J connectivity index is 2.45. The molecule has 1 atom stereocenters. The average Bonchev–Trinajstić information content (AvgIpc) is 2.96. The number of carbonyl (C=O) groups excluding carboxylic acids is 1. The van der Waals surface area contributed by atoms with E-state index in [4.69, 9.17) is 5.73 Å². The molecule has 1 unspecified atom stereocenters. The molecule has 2 N–H and O–H groups in total. The molecule has 0 saturated carbocycles. The summed E-state index contributed by atoms with van der Waals surface area (Å²) in [6.45, 7) is 7.03. The molecule has 5 heteroatoms. The minimum Gasteiger partial charge on any atom is -0.343 e. The van der Waals surface area contributed by atoms with Crippen molar-refractivity contribution >= 4 is 17.2 Å². The van der Waals surface area contributed by atoms with Crippen LogP contribution in [0.1, 0.15) is 25.1 Å². The Morgan fingerprint density at radius 1 is 1.40 bits per heavy atom. The van der Waals surface area contributed by atoms with Crippen LogP contribution in [-0.4, -0.2) is 55.0 Å². The summed E-state index contributed by atoms with van der Waals surface area (Å²) < 4.78 is 0. The Morgan fingerprint density at radius 3 is 2.60 bits per heavy atom. The van der Waals surface area contributed by atoms with Crippen LogP contribution in [0.5, 0.6) is 0 Å². The molecule has 1 rings (SSSR count). The van der Waals surface area contributed by atoms with E-state index in [2.05, 4.69) is 29.5 Å². The third kappa shape index (κ3) is 5.23. The highest BCUT2D eigenvalue weighted by atomic mass is 32.1. The number of rotatable bonds is 9. The molecule has 0 aliphatic carbocycles. The van der Waals surface area contributed by atoms with Crippen LogP contribution >= 0.6 is 11.3 Å². The van der Waals surface area contributed by atoms with Gasteiger partial charge in [0.25, 0.3) is 0 Å². The fourth-order valence-electron chi connectivity index (χ4n) is 2.25. The van der Waals surface area contributed by atoms with Crippen LogP contribution in [0, 0.1) is 0 Å². The van der Waals surface area contributed by atoms with Crippen molar-refractivity contribution in [3.63, 3.8) is 0 Å². The van der Waals surface area contributed by atoms with Gasteiger partial charge in [-0.1, -0.05) is 6.07 Å². The lowest BCUT2D eigenvalue weighted by Crippen LogP contribution is -2.43. The Labute approximate surface area is 126 Å². The smallest absolute Gasteiger partial charge is 0.224 e. The van der Waals surface area contributed by atoms with Crippen molar-refractivity contribution in [2.24, 2.45) is 5.73 Å². The molecule has 0 saturated heterocycles. The molecule has 0 spiro atoms. The maximum Gasteiger partial charge on any atom is 0.224 e. The molecule has 0 aliphatic rings. The van der Waals surface area contributed by atoms with Gasteiger partial charge in [-0.3, -0.25) is 4.79 Å². The van der Waals surface area contributed by atoms with Crippen LogP contribution in [0.3, 0.4) is 0 Å². The van der Waals surface area contributed by atoms with E-state index in [1.165, 1.54) is 4.88 Å². The zero-order valence-electron chi connectivity index (χ0n) is 12.8. The summed E-state index contributed by atoms with van der Waals surface area (Å²) in [5, 5.41) is 2.10. The molecule has 4 nitrogen and oxygen atoms in total. The molecule has 0 aromatic carbocycles. The number of likely N-dealkylation sites (N-methyl/N-ethyl adjacent to an activating group) is 1. The van der Waals surface area contributed by atoms with Gasteiger partial charge in [0.1, 0.15) is 0 Å². The predicted octanol–water partition coefficient (Wildman–Crippen LogP) is 1.81. The number of amides is 1. The second kappa shape index (κ2) is 9.10. The van der Waals surface area contributed by atoms with E-state index in [9.17, 15) is 4.79 Å². The maximum atomic E-state index is 12.2. The van der Waals surface area contributed by atoms with Gasteiger partial charge in [-0.05, 0) is 38.8 Å². The van der Waals surface area contributed by atoms with E-state index in [1.54, 1.807) is 11.3 Å².